The minimum Gasteiger partial charge on any atom is -0.508 e. The summed E-state index contributed by atoms with van der Waals surface area (Å²) >= 11 is 0. The first-order valence-corrected chi connectivity index (χ1v) is 29.5. The number of methoxy groups -OCH3 is 3. The number of carbonyl (C=O) groups is 2. The molecule has 0 radical (unpaired) electrons. The molecule has 6 aromatic rings. The smallest absolute Gasteiger partial charge is 0.316 e. The largest absolute Gasteiger partial charge is 0.508 e. The minimum atomic E-state index is -1.16. The third kappa shape index (κ3) is 9.19. The van der Waals surface area contributed by atoms with Crippen LogP contribution >= 0.6 is 0 Å². The van der Waals surface area contributed by atoms with Crippen LogP contribution in [0.5, 0.6) is 28.7 Å². The van der Waals surface area contributed by atoms with Crippen molar-refractivity contribution in [1.29, 1.82) is 0 Å². The first-order chi connectivity index (χ1) is 39.8. The van der Waals surface area contributed by atoms with Gasteiger partial charge in [0.2, 0.25) is 0 Å². The molecular formula is C70H73NO11. The number of aliphatic hydroxyl groups excluding tert-OH is 1. The summed E-state index contributed by atoms with van der Waals surface area (Å²) in [5.74, 6) is 5.34. The number of phenols is 3. The fourth-order valence-electron chi connectivity index (χ4n) is 17.0. The number of phenolic OH excluding ortho intramolecular Hbond substituents is 3. The first-order valence-electron chi connectivity index (χ1n) is 29.5. The van der Waals surface area contributed by atoms with E-state index in [1.807, 2.05) is 42.5 Å². The second-order valence-corrected chi connectivity index (χ2v) is 24.6. The highest BCUT2D eigenvalue weighted by molar-refractivity contribution is 5.99. The van der Waals surface area contributed by atoms with Crippen molar-refractivity contribution in [2.75, 3.05) is 34.5 Å². The summed E-state index contributed by atoms with van der Waals surface area (Å²) in [6, 6.07) is 34.1. The molecule has 6 aliphatic carbocycles. The molecule has 424 valence electrons. The van der Waals surface area contributed by atoms with Gasteiger partial charge in [0.25, 0.3) is 0 Å². The molecule has 6 bridgehead atoms. The molecular weight excluding hydrogens is 1030 g/mol. The number of hydrogen-bond acceptors (Lipinski definition) is 12. The van der Waals surface area contributed by atoms with Gasteiger partial charge in [0.1, 0.15) is 18.0 Å². The Hall–Kier alpha value is -7.30. The van der Waals surface area contributed by atoms with E-state index in [2.05, 4.69) is 71.8 Å². The van der Waals surface area contributed by atoms with Crippen molar-refractivity contribution in [1.82, 2.24) is 5.32 Å². The van der Waals surface area contributed by atoms with Crippen molar-refractivity contribution < 1.29 is 53.7 Å². The molecule has 0 amide bonds. The van der Waals surface area contributed by atoms with E-state index < -0.39 is 35.1 Å². The Balaban J connectivity index is 1.01. The highest BCUT2D eigenvalue weighted by Gasteiger charge is 2.67. The van der Waals surface area contributed by atoms with Gasteiger partial charge in [0.15, 0.2) is 23.0 Å². The average Bonchev–Trinajstić information content (AvgIpc) is 1.16. The molecule has 12 nitrogen and oxygen atoms in total. The quantitative estimate of drug-likeness (QED) is 0.0722. The van der Waals surface area contributed by atoms with Crippen LogP contribution in [0.2, 0.25) is 0 Å². The van der Waals surface area contributed by atoms with E-state index in [-0.39, 0.29) is 71.1 Å². The van der Waals surface area contributed by atoms with Crippen molar-refractivity contribution >= 4 is 28.8 Å². The lowest BCUT2D eigenvalue weighted by atomic mass is 9.38. The third-order valence-corrected chi connectivity index (χ3v) is 20.3. The number of aryl methyl sites for hydroxylation is 1. The highest BCUT2D eigenvalue weighted by atomic mass is 16.6. The number of esters is 2. The van der Waals surface area contributed by atoms with Gasteiger partial charge in [0, 0.05) is 50.8 Å². The number of aliphatic hydroxyl groups is 1. The number of rotatable bonds is 8. The van der Waals surface area contributed by atoms with Gasteiger partial charge in [-0.1, -0.05) is 84.5 Å². The maximum absolute atomic E-state index is 16.5. The van der Waals surface area contributed by atoms with E-state index in [4.69, 9.17) is 23.7 Å². The predicted octanol–water partition coefficient (Wildman–Crippen LogP) is 11.4. The van der Waals surface area contributed by atoms with E-state index in [1.54, 1.807) is 33.5 Å². The number of allylic oxidation sites excluding steroid dienone is 1. The predicted molar refractivity (Wildman–Crippen MR) is 313 cm³/mol. The summed E-state index contributed by atoms with van der Waals surface area (Å²) in [6.45, 7) is 3.14. The van der Waals surface area contributed by atoms with Crippen LogP contribution in [0.3, 0.4) is 0 Å². The zero-order chi connectivity index (χ0) is 56.6. The fraction of sp³-hybridized carbons (Fsp3) is 0.429. The zero-order valence-corrected chi connectivity index (χ0v) is 47.2. The summed E-state index contributed by atoms with van der Waals surface area (Å²) < 4.78 is 31.6. The van der Waals surface area contributed by atoms with Crippen LogP contribution < -0.4 is 14.8 Å². The van der Waals surface area contributed by atoms with E-state index in [0.717, 1.165) is 80.1 Å². The van der Waals surface area contributed by atoms with E-state index >= 15 is 4.79 Å². The number of nitrogens with one attached hydrogen (secondary N) is 1. The van der Waals surface area contributed by atoms with Crippen LogP contribution in [-0.2, 0) is 55.0 Å². The van der Waals surface area contributed by atoms with Gasteiger partial charge < -0.3 is 49.4 Å². The Labute approximate surface area is 479 Å². The van der Waals surface area contributed by atoms with Gasteiger partial charge in [-0.15, -0.1) is 0 Å². The SMILES string of the molecule is COC[C@H]1C#C[C@@H]2CCC[C@](C(=O)O[C@H]3C[C@@H]4c5cc(OC)c(O)cc5C[C@H]5[C@H]4[C@@]4(C6=Cc7ccccc7CC6)[C@H](Cc6cc(OC)c(O)cc6[C@@H]4C[C@@H]5O)[C@H](OC(C)=O)C3)(C2)c2ccc3cc(O)cc(c3c2)-c2cccc(c2)CNC1. The standard InChI is InChI=1S/C70H73NO11/c1-39(72)81-64-31-52(82-68(77)69-20-8-10-40(35-69)14-15-42(38-78-2)37-71-36-41-9-7-13-45(21-41)54-29-51(73)23-46-17-18-49(69)28-53(46)54)30-57-55-33-66(80-4)62(75)26-47(55)24-58-61(74)34-59-56-32-63(76)65(79-3)27-48(56)25-60(64)70(59,67(57)58)50-19-16-43-11-5-6-12-44(43)22-50/h5-7,9,11-13,17-18,21-23,26-29,32-33,40,42,52,57-61,64,67,71,73-76H,8,10,16,19-20,24-25,30-31,34-38H2,1-4H3/t40-,42-,52-,57+,58+,59-,60+,61-,64+,67-,69-,70+/m0/s1. The van der Waals surface area contributed by atoms with Crippen molar-refractivity contribution in [2.45, 2.75) is 120 Å². The highest BCUT2D eigenvalue weighted by Crippen LogP contribution is 2.72. The molecule has 12 atom stereocenters. The molecule has 5 N–H and O–H groups in total. The van der Waals surface area contributed by atoms with Crippen molar-refractivity contribution in [3.8, 4) is 51.7 Å². The minimum absolute atomic E-state index is 0.0159. The monoisotopic (exact) mass is 1100 g/mol. The van der Waals surface area contributed by atoms with Crippen molar-refractivity contribution in [3.05, 3.63) is 153 Å². The second kappa shape index (κ2) is 21.5. The molecule has 82 heavy (non-hydrogen) atoms. The third-order valence-electron chi connectivity index (χ3n) is 20.3. The van der Waals surface area contributed by atoms with Gasteiger partial charge in [-0.2, -0.15) is 0 Å². The molecule has 13 rings (SSSR count). The maximum atomic E-state index is 16.5. The summed E-state index contributed by atoms with van der Waals surface area (Å²) in [6.07, 6.45) is 5.83. The fourth-order valence-corrected chi connectivity index (χ4v) is 17.0. The number of ether oxygens (including phenoxy) is 5. The van der Waals surface area contributed by atoms with Crippen LogP contribution in [0, 0.1) is 46.8 Å². The van der Waals surface area contributed by atoms with E-state index in [0.29, 0.717) is 76.1 Å². The lowest BCUT2D eigenvalue weighted by molar-refractivity contribution is -0.181. The summed E-state index contributed by atoms with van der Waals surface area (Å²) in [4.78, 5) is 30.4. The molecule has 7 aliphatic rings. The van der Waals surface area contributed by atoms with Crippen molar-refractivity contribution in [2.24, 2.45) is 35.0 Å². The average molecular weight is 1100 g/mol. The lowest BCUT2D eigenvalue weighted by Gasteiger charge is -2.66. The molecule has 1 heterocycles. The van der Waals surface area contributed by atoms with E-state index in [9.17, 15) is 25.2 Å². The molecule has 0 spiro atoms. The van der Waals surface area contributed by atoms with Crippen molar-refractivity contribution in [3.63, 3.8) is 0 Å². The molecule has 0 unspecified atom stereocenters. The Morgan fingerprint density at radius 3 is 2.43 bits per heavy atom. The molecule has 0 saturated heterocycles. The Bertz CT molecular complexity index is 3610. The second-order valence-electron chi connectivity index (χ2n) is 24.6. The summed E-state index contributed by atoms with van der Waals surface area (Å²) in [5.41, 5.74) is 9.18. The van der Waals surface area contributed by atoms with Crippen LogP contribution in [0.15, 0.2) is 109 Å². The number of benzene rings is 6. The van der Waals surface area contributed by atoms with Gasteiger partial charge in [0.05, 0.1) is 38.3 Å². The van der Waals surface area contributed by atoms with Crippen LogP contribution in [0.25, 0.3) is 28.0 Å². The summed E-state index contributed by atoms with van der Waals surface area (Å²) in [7, 11) is 4.80. The molecule has 0 aromatic heterocycles. The summed E-state index contributed by atoms with van der Waals surface area (Å²) in [5, 5.41) is 52.8. The number of aromatic hydroxyl groups is 3. The van der Waals surface area contributed by atoms with Gasteiger partial charge in [-0.25, -0.2) is 0 Å². The molecule has 1 aliphatic heterocycles. The first kappa shape index (κ1) is 54.0. The van der Waals surface area contributed by atoms with Crippen LogP contribution in [0.1, 0.15) is 115 Å². The lowest BCUT2D eigenvalue weighted by Crippen LogP contribution is -2.64. The topological polar surface area (TPSA) is 173 Å². The van der Waals surface area contributed by atoms with Gasteiger partial charge in [-0.3, -0.25) is 9.59 Å². The molecule has 3 saturated carbocycles. The Morgan fingerprint density at radius 1 is 0.780 bits per heavy atom. The molecule has 3 fully saturated rings. The Kier molecular flexibility index (Phi) is 14.1. The number of fused-ring (bicyclic) bond motifs is 12. The Morgan fingerprint density at radius 2 is 1.60 bits per heavy atom. The zero-order valence-electron chi connectivity index (χ0n) is 47.2. The molecule has 12 heteroatoms. The molecule has 6 aromatic carbocycles. The maximum Gasteiger partial charge on any atom is 0.316 e. The van der Waals surface area contributed by atoms with Crippen LogP contribution in [0.4, 0.5) is 0 Å². The van der Waals surface area contributed by atoms with Gasteiger partial charge >= 0.3 is 11.9 Å². The van der Waals surface area contributed by atoms with E-state index in [1.165, 1.54) is 18.1 Å². The van der Waals surface area contributed by atoms with Gasteiger partial charge in [-0.05, 0) is 196 Å². The number of hydrogen-bond donors (Lipinski definition) is 5. The van der Waals surface area contributed by atoms with Crippen LogP contribution in [-0.4, -0.2) is 85.2 Å². The normalized spacial score (nSPS) is 29.6. The number of carbonyl (C=O) groups excluding carboxylic acids is 2.